The molecule has 7 nitrogen and oxygen atoms in total. The van der Waals surface area contributed by atoms with Gasteiger partial charge in [0, 0.05) is 19.0 Å². The monoisotopic (exact) mass is 624 g/mol. The van der Waals surface area contributed by atoms with Crippen molar-refractivity contribution in [3.05, 3.63) is 101 Å². The molecule has 3 unspecified atom stereocenters. The lowest BCUT2D eigenvalue weighted by Gasteiger charge is -2.42. The summed E-state index contributed by atoms with van der Waals surface area (Å²) in [6.45, 7) is 7.40. The normalized spacial score (nSPS) is 19.7. The third-order valence-electron chi connectivity index (χ3n) is 8.04. The molecule has 0 aromatic heterocycles. The van der Waals surface area contributed by atoms with E-state index < -0.39 is 39.8 Å². The first kappa shape index (κ1) is 33.6. The van der Waals surface area contributed by atoms with Crippen LogP contribution in [0.5, 0.6) is 0 Å². The lowest BCUT2D eigenvalue weighted by Crippen LogP contribution is -2.56. The average Bonchev–Trinajstić information content (AvgIpc) is 2.98. The lowest BCUT2D eigenvalue weighted by atomic mass is 9.89. The largest absolute Gasteiger partial charge is 0.444 e. The van der Waals surface area contributed by atoms with Crippen LogP contribution in [0.3, 0.4) is 0 Å². The van der Waals surface area contributed by atoms with Gasteiger partial charge in [-0.25, -0.2) is 17.6 Å². The molecule has 1 aliphatic rings. The Morgan fingerprint density at radius 3 is 2.32 bits per heavy atom. The number of aliphatic hydroxyl groups excluding tert-OH is 1. The second kappa shape index (κ2) is 15.6. The van der Waals surface area contributed by atoms with E-state index in [1.165, 1.54) is 6.07 Å². The minimum absolute atomic E-state index is 0.0595. The van der Waals surface area contributed by atoms with Crippen LogP contribution < -0.4 is 5.32 Å². The Labute approximate surface area is 261 Å². The number of aliphatic hydroxyl groups is 1. The first-order valence-corrected chi connectivity index (χ1v) is 17.3. The number of benzene rings is 3. The smallest absolute Gasteiger partial charge is 0.412 e. The predicted octanol–water partition coefficient (Wildman–Crippen LogP) is 6.39. The number of aryl methyl sites for hydroxylation is 1. The van der Waals surface area contributed by atoms with Crippen LogP contribution in [0.2, 0.25) is 0 Å². The molecule has 1 aliphatic heterocycles. The number of hydrogen-bond acceptors (Lipinski definition) is 6. The molecule has 0 saturated carbocycles. The average molecular weight is 625 g/mol. The summed E-state index contributed by atoms with van der Waals surface area (Å²) in [6.07, 6.45) is 0.726. The van der Waals surface area contributed by atoms with Gasteiger partial charge in [0.05, 0.1) is 29.3 Å². The van der Waals surface area contributed by atoms with E-state index in [1.54, 1.807) is 0 Å². The molecule has 3 atom stereocenters. The number of anilines is 1. The quantitative estimate of drug-likeness (QED) is 0.229. The first-order valence-electron chi connectivity index (χ1n) is 15.5. The minimum Gasteiger partial charge on any atom is -0.444 e. The Bertz CT molecular complexity index is 1470. The molecule has 1 fully saturated rings. The number of nitrogens with zero attached hydrogens (tertiary/aromatic N) is 1. The van der Waals surface area contributed by atoms with Gasteiger partial charge in [0.15, 0.2) is 9.84 Å². The van der Waals surface area contributed by atoms with Gasteiger partial charge in [-0.1, -0.05) is 93.9 Å². The van der Waals surface area contributed by atoms with Crippen molar-refractivity contribution in [2.24, 2.45) is 11.8 Å². The summed E-state index contributed by atoms with van der Waals surface area (Å²) in [4.78, 5) is 14.7. The van der Waals surface area contributed by atoms with Crippen LogP contribution in [0.25, 0.3) is 0 Å². The van der Waals surface area contributed by atoms with E-state index in [4.69, 9.17) is 4.74 Å². The van der Waals surface area contributed by atoms with Gasteiger partial charge >= 0.3 is 6.09 Å². The Morgan fingerprint density at radius 2 is 1.68 bits per heavy atom. The molecule has 44 heavy (non-hydrogen) atoms. The Kier molecular flexibility index (Phi) is 11.9. The topological polar surface area (TPSA) is 95.9 Å². The maximum atomic E-state index is 15.6. The molecule has 0 spiro atoms. The molecule has 2 N–H and O–H groups in total. The highest BCUT2D eigenvalue weighted by molar-refractivity contribution is 7.91. The minimum atomic E-state index is -3.46. The van der Waals surface area contributed by atoms with Crippen molar-refractivity contribution in [2.75, 3.05) is 23.4 Å². The van der Waals surface area contributed by atoms with E-state index in [2.05, 4.69) is 24.1 Å². The third kappa shape index (κ3) is 9.61. The van der Waals surface area contributed by atoms with E-state index in [0.717, 1.165) is 24.0 Å². The van der Waals surface area contributed by atoms with Crippen molar-refractivity contribution >= 4 is 21.6 Å². The molecule has 4 rings (SSSR count). The Balaban J connectivity index is 1.54. The summed E-state index contributed by atoms with van der Waals surface area (Å²) in [5.74, 6) is -1.22. The number of unbranched alkanes of at least 4 members (excludes halogenated alkanes) is 1. The van der Waals surface area contributed by atoms with Gasteiger partial charge in [0.25, 0.3) is 0 Å². The zero-order chi connectivity index (χ0) is 31.7. The Hall–Kier alpha value is -3.27. The molecule has 1 amide bonds. The molecule has 3 aromatic rings. The maximum Gasteiger partial charge on any atom is 0.412 e. The van der Waals surface area contributed by atoms with Gasteiger partial charge in [-0.05, 0) is 53.5 Å². The fraction of sp³-hybridized carbons (Fsp3) is 0.457. The third-order valence-corrected chi connectivity index (χ3v) is 9.82. The zero-order valence-electron chi connectivity index (χ0n) is 25.9. The van der Waals surface area contributed by atoms with Gasteiger partial charge in [0.2, 0.25) is 0 Å². The van der Waals surface area contributed by atoms with Gasteiger partial charge in [0.1, 0.15) is 12.4 Å². The number of rotatable bonds is 13. The van der Waals surface area contributed by atoms with Crippen LogP contribution in [-0.4, -0.2) is 54.7 Å². The predicted molar refractivity (Wildman–Crippen MR) is 173 cm³/mol. The fourth-order valence-corrected chi connectivity index (χ4v) is 8.01. The summed E-state index contributed by atoms with van der Waals surface area (Å²) in [5, 5.41) is 14.2. The van der Waals surface area contributed by atoms with Gasteiger partial charge in [-0.2, -0.15) is 0 Å². The van der Waals surface area contributed by atoms with E-state index in [1.807, 2.05) is 73.7 Å². The summed E-state index contributed by atoms with van der Waals surface area (Å²) in [7, 11) is -3.46. The Morgan fingerprint density at radius 1 is 1.02 bits per heavy atom. The summed E-state index contributed by atoms with van der Waals surface area (Å²) < 4.78 is 47.3. The van der Waals surface area contributed by atoms with Crippen molar-refractivity contribution < 1.29 is 27.4 Å². The molecule has 0 bridgehead atoms. The summed E-state index contributed by atoms with van der Waals surface area (Å²) >= 11 is 0. The van der Waals surface area contributed by atoms with Crippen LogP contribution >= 0.6 is 0 Å². The number of halogens is 1. The molecule has 0 aliphatic carbocycles. The van der Waals surface area contributed by atoms with Crippen LogP contribution in [0.15, 0.2) is 72.8 Å². The van der Waals surface area contributed by atoms with Crippen molar-refractivity contribution in [3.8, 4) is 0 Å². The standard InChI is InChI=1S/C35H45FN2O5S/c1-4-5-16-29-17-28(19-31(36)33(29)37-35(40)43-22-27-14-10-7-11-15-27)18-30-23-44(41,42)24-32(34(30)39)38(20-25(2)3)21-26-12-8-6-9-13-26/h6-15,17,19,25,30,32,34,39H,4-5,16,18,20-24H2,1-3H3,(H,37,40). The van der Waals surface area contributed by atoms with Crippen molar-refractivity contribution in [1.29, 1.82) is 0 Å². The fourth-order valence-electron chi connectivity index (χ4n) is 5.98. The first-order chi connectivity index (χ1) is 21.0. The van der Waals surface area contributed by atoms with Crippen molar-refractivity contribution in [2.45, 2.75) is 71.8 Å². The van der Waals surface area contributed by atoms with E-state index in [9.17, 15) is 18.3 Å². The number of nitrogens with one attached hydrogen (secondary N) is 1. The molecule has 0 radical (unpaired) electrons. The molecule has 1 heterocycles. The van der Waals surface area contributed by atoms with Crippen LogP contribution in [0.4, 0.5) is 14.9 Å². The van der Waals surface area contributed by atoms with Gasteiger partial charge in [-0.15, -0.1) is 0 Å². The van der Waals surface area contributed by atoms with E-state index in [0.29, 0.717) is 30.6 Å². The van der Waals surface area contributed by atoms with Crippen LogP contribution in [0, 0.1) is 17.7 Å². The van der Waals surface area contributed by atoms with Gasteiger partial charge in [-0.3, -0.25) is 10.2 Å². The molecular formula is C35H45FN2O5S. The molecule has 9 heteroatoms. The highest BCUT2D eigenvalue weighted by atomic mass is 32.2. The highest BCUT2D eigenvalue weighted by Crippen LogP contribution is 2.31. The maximum absolute atomic E-state index is 15.6. The second-order valence-corrected chi connectivity index (χ2v) is 14.5. The molecular weight excluding hydrogens is 579 g/mol. The van der Waals surface area contributed by atoms with Crippen molar-refractivity contribution in [1.82, 2.24) is 4.90 Å². The van der Waals surface area contributed by atoms with Gasteiger partial charge < -0.3 is 9.84 Å². The zero-order valence-corrected chi connectivity index (χ0v) is 26.7. The second-order valence-electron chi connectivity index (χ2n) is 12.3. The summed E-state index contributed by atoms with van der Waals surface area (Å²) in [5.41, 5.74) is 3.15. The number of carbonyl (C=O) groups excluding carboxylic acids is 1. The van der Waals surface area contributed by atoms with Crippen molar-refractivity contribution in [3.63, 3.8) is 0 Å². The number of ether oxygens (including phenoxy) is 1. The number of hydrogen-bond donors (Lipinski definition) is 2. The lowest BCUT2D eigenvalue weighted by molar-refractivity contribution is 0.0117. The molecule has 3 aromatic carbocycles. The number of amides is 1. The molecule has 238 valence electrons. The highest BCUT2D eigenvalue weighted by Gasteiger charge is 2.42. The number of carbonyl (C=O) groups is 1. The van der Waals surface area contributed by atoms with Crippen LogP contribution in [0.1, 0.15) is 55.9 Å². The van der Waals surface area contributed by atoms with Crippen LogP contribution in [-0.2, 0) is 40.6 Å². The molecule has 1 saturated heterocycles. The van der Waals surface area contributed by atoms with E-state index >= 15 is 4.39 Å². The SMILES string of the molecule is CCCCc1cc(CC2CS(=O)(=O)CC(N(Cc3ccccc3)CC(C)C)C2O)cc(F)c1NC(=O)OCc1ccccc1. The summed E-state index contributed by atoms with van der Waals surface area (Å²) in [6, 6.07) is 21.7. The number of sulfone groups is 1. The van der Waals surface area contributed by atoms with E-state index in [-0.39, 0.29) is 36.1 Å².